The molecule has 0 aliphatic heterocycles. The molecule has 4 heteroatoms. The van der Waals surface area contributed by atoms with Gasteiger partial charge in [0.1, 0.15) is 0 Å². The van der Waals surface area contributed by atoms with Crippen LogP contribution >= 0.6 is 0 Å². The molecule has 21 heavy (non-hydrogen) atoms. The highest BCUT2D eigenvalue weighted by atomic mass is 16.2. The van der Waals surface area contributed by atoms with E-state index < -0.39 is 0 Å². The van der Waals surface area contributed by atoms with Gasteiger partial charge in [0.05, 0.1) is 0 Å². The summed E-state index contributed by atoms with van der Waals surface area (Å²) in [7, 11) is 3.41. The van der Waals surface area contributed by atoms with Crippen LogP contribution in [0.2, 0.25) is 0 Å². The van der Waals surface area contributed by atoms with Crippen LogP contribution < -0.4 is 5.32 Å². The SMILES string of the molecule is Cc1c(NC(=O)c2ccccc2)cccc1C(=O)N(C)C. The lowest BCUT2D eigenvalue weighted by molar-refractivity contribution is 0.0826. The Kier molecular flexibility index (Phi) is 4.38. The molecular weight excluding hydrogens is 264 g/mol. The average molecular weight is 282 g/mol. The first-order valence-corrected chi connectivity index (χ1v) is 6.68. The van der Waals surface area contributed by atoms with Gasteiger partial charge in [-0.15, -0.1) is 0 Å². The van der Waals surface area contributed by atoms with Crippen LogP contribution in [0.15, 0.2) is 48.5 Å². The molecule has 0 radical (unpaired) electrons. The Morgan fingerprint density at radius 1 is 0.952 bits per heavy atom. The Hall–Kier alpha value is -2.62. The zero-order valence-corrected chi connectivity index (χ0v) is 12.4. The standard InChI is InChI=1S/C17H18N2O2/c1-12-14(17(21)19(2)3)10-7-11-15(12)18-16(20)13-8-5-4-6-9-13/h4-11H,1-3H3,(H,18,20). The predicted molar refractivity (Wildman–Crippen MR) is 83.6 cm³/mol. The van der Waals surface area contributed by atoms with E-state index in [-0.39, 0.29) is 11.8 Å². The van der Waals surface area contributed by atoms with Crippen LogP contribution in [-0.2, 0) is 0 Å². The molecule has 0 fully saturated rings. The molecular formula is C17H18N2O2. The fourth-order valence-corrected chi connectivity index (χ4v) is 2.03. The van der Waals surface area contributed by atoms with Crippen molar-refractivity contribution in [3.63, 3.8) is 0 Å². The van der Waals surface area contributed by atoms with Crippen LogP contribution in [-0.4, -0.2) is 30.8 Å². The Balaban J connectivity index is 2.28. The molecule has 0 saturated carbocycles. The van der Waals surface area contributed by atoms with Crippen LogP contribution in [0.3, 0.4) is 0 Å². The van der Waals surface area contributed by atoms with Crippen LogP contribution in [0.4, 0.5) is 5.69 Å². The second kappa shape index (κ2) is 6.22. The Morgan fingerprint density at radius 3 is 2.24 bits per heavy atom. The zero-order chi connectivity index (χ0) is 15.4. The van der Waals surface area contributed by atoms with E-state index in [1.54, 1.807) is 44.4 Å². The van der Waals surface area contributed by atoms with Crippen molar-refractivity contribution in [2.45, 2.75) is 6.92 Å². The van der Waals surface area contributed by atoms with E-state index in [2.05, 4.69) is 5.32 Å². The van der Waals surface area contributed by atoms with Crippen molar-refractivity contribution in [1.29, 1.82) is 0 Å². The number of carbonyl (C=O) groups is 2. The highest BCUT2D eigenvalue weighted by Crippen LogP contribution is 2.20. The van der Waals surface area contributed by atoms with Crippen molar-refractivity contribution < 1.29 is 9.59 Å². The van der Waals surface area contributed by atoms with Gasteiger partial charge in [0, 0.05) is 30.9 Å². The summed E-state index contributed by atoms with van der Waals surface area (Å²) in [6, 6.07) is 14.3. The third-order valence-electron chi connectivity index (χ3n) is 3.25. The summed E-state index contributed by atoms with van der Waals surface area (Å²) < 4.78 is 0. The molecule has 0 aliphatic carbocycles. The van der Waals surface area contributed by atoms with Gasteiger partial charge in [0.25, 0.3) is 11.8 Å². The first-order valence-electron chi connectivity index (χ1n) is 6.68. The fourth-order valence-electron chi connectivity index (χ4n) is 2.03. The minimum absolute atomic E-state index is 0.0803. The maximum Gasteiger partial charge on any atom is 0.255 e. The lowest BCUT2D eigenvalue weighted by atomic mass is 10.1. The van der Waals surface area contributed by atoms with Gasteiger partial charge in [0.15, 0.2) is 0 Å². The van der Waals surface area contributed by atoms with Crippen molar-refractivity contribution in [2.24, 2.45) is 0 Å². The average Bonchev–Trinajstić information content (AvgIpc) is 2.49. The second-order valence-electron chi connectivity index (χ2n) is 5.00. The monoisotopic (exact) mass is 282 g/mol. The number of anilines is 1. The highest BCUT2D eigenvalue weighted by molar-refractivity contribution is 6.06. The Labute approximate surface area is 124 Å². The summed E-state index contributed by atoms with van der Waals surface area (Å²) in [5.41, 5.74) is 2.59. The largest absolute Gasteiger partial charge is 0.345 e. The lowest BCUT2D eigenvalue weighted by Crippen LogP contribution is -2.23. The van der Waals surface area contributed by atoms with Crippen molar-refractivity contribution in [1.82, 2.24) is 4.90 Å². The maximum absolute atomic E-state index is 12.2. The second-order valence-corrected chi connectivity index (χ2v) is 5.00. The number of rotatable bonds is 3. The molecule has 0 heterocycles. The van der Waals surface area contributed by atoms with Gasteiger partial charge in [-0.2, -0.15) is 0 Å². The first-order chi connectivity index (χ1) is 10.0. The van der Waals surface area contributed by atoms with Gasteiger partial charge in [-0.05, 0) is 36.8 Å². The third-order valence-corrected chi connectivity index (χ3v) is 3.25. The van der Waals surface area contributed by atoms with Crippen LogP contribution in [0.5, 0.6) is 0 Å². The normalized spacial score (nSPS) is 10.0. The molecule has 2 amide bonds. The number of benzene rings is 2. The highest BCUT2D eigenvalue weighted by Gasteiger charge is 2.14. The summed E-state index contributed by atoms with van der Waals surface area (Å²) in [5, 5.41) is 2.85. The number of nitrogens with zero attached hydrogens (tertiary/aromatic N) is 1. The topological polar surface area (TPSA) is 49.4 Å². The van der Waals surface area contributed by atoms with E-state index in [0.29, 0.717) is 16.8 Å². The van der Waals surface area contributed by atoms with Crippen LogP contribution in [0.1, 0.15) is 26.3 Å². The van der Waals surface area contributed by atoms with Crippen molar-refractivity contribution in [3.05, 3.63) is 65.2 Å². The van der Waals surface area contributed by atoms with E-state index in [9.17, 15) is 9.59 Å². The predicted octanol–water partition coefficient (Wildman–Crippen LogP) is 2.95. The van der Waals surface area contributed by atoms with Gasteiger partial charge in [0.2, 0.25) is 0 Å². The van der Waals surface area contributed by atoms with Crippen LogP contribution in [0, 0.1) is 6.92 Å². The molecule has 0 saturated heterocycles. The van der Waals surface area contributed by atoms with E-state index in [1.807, 2.05) is 25.1 Å². The molecule has 0 aromatic heterocycles. The quantitative estimate of drug-likeness (QED) is 0.941. The molecule has 0 bridgehead atoms. The minimum atomic E-state index is -0.187. The Morgan fingerprint density at radius 2 is 1.62 bits per heavy atom. The molecule has 0 atom stereocenters. The minimum Gasteiger partial charge on any atom is -0.345 e. The van der Waals surface area contributed by atoms with E-state index in [0.717, 1.165) is 5.56 Å². The molecule has 0 unspecified atom stereocenters. The number of hydrogen-bond acceptors (Lipinski definition) is 2. The molecule has 2 aromatic carbocycles. The van der Waals surface area contributed by atoms with Crippen molar-refractivity contribution in [2.75, 3.05) is 19.4 Å². The first kappa shape index (κ1) is 14.8. The van der Waals surface area contributed by atoms with Gasteiger partial charge in [-0.1, -0.05) is 24.3 Å². The number of carbonyl (C=O) groups excluding carboxylic acids is 2. The van der Waals surface area contributed by atoms with E-state index in [1.165, 1.54) is 4.90 Å². The molecule has 0 spiro atoms. The zero-order valence-electron chi connectivity index (χ0n) is 12.4. The van der Waals surface area contributed by atoms with Gasteiger partial charge >= 0.3 is 0 Å². The van der Waals surface area contributed by atoms with E-state index >= 15 is 0 Å². The summed E-state index contributed by atoms with van der Waals surface area (Å²) in [5.74, 6) is -0.267. The number of nitrogens with one attached hydrogen (secondary N) is 1. The lowest BCUT2D eigenvalue weighted by Gasteiger charge is -2.15. The van der Waals surface area contributed by atoms with E-state index in [4.69, 9.17) is 0 Å². The summed E-state index contributed by atoms with van der Waals surface area (Å²) in [6.07, 6.45) is 0. The van der Waals surface area contributed by atoms with Gasteiger partial charge in [-0.3, -0.25) is 9.59 Å². The van der Waals surface area contributed by atoms with Gasteiger partial charge in [-0.25, -0.2) is 0 Å². The smallest absolute Gasteiger partial charge is 0.255 e. The molecule has 2 rings (SSSR count). The third kappa shape index (κ3) is 3.28. The molecule has 1 N–H and O–H groups in total. The molecule has 0 aliphatic rings. The summed E-state index contributed by atoms with van der Waals surface area (Å²) >= 11 is 0. The summed E-state index contributed by atoms with van der Waals surface area (Å²) in [6.45, 7) is 1.83. The van der Waals surface area contributed by atoms with Crippen LogP contribution in [0.25, 0.3) is 0 Å². The number of amides is 2. The number of hydrogen-bond donors (Lipinski definition) is 1. The Bertz CT molecular complexity index is 664. The van der Waals surface area contributed by atoms with Crippen molar-refractivity contribution >= 4 is 17.5 Å². The van der Waals surface area contributed by atoms with Gasteiger partial charge < -0.3 is 10.2 Å². The molecule has 4 nitrogen and oxygen atoms in total. The van der Waals surface area contributed by atoms with Crippen molar-refractivity contribution in [3.8, 4) is 0 Å². The molecule has 108 valence electrons. The summed E-state index contributed by atoms with van der Waals surface area (Å²) in [4.78, 5) is 25.8. The molecule has 2 aromatic rings. The fraction of sp³-hybridized carbons (Fsp3) is 0.176. The maximum atomic E-state index is 12.2.